The molecule has 3 aliphatic heterocycles. The number of anilines is 9. The van der Waals surface area contributed by atoms with Crippen molar-refractivity contribution in [3.63, 3.8) is 0 Å². The van der Waals surface area contributed by atoms with Gasteiger partial charge in [-0.05, 0) is 198 Å². The number of para-hydroxylation sites is 3. The third kappa shape index (κ3) is 11.2. The summed E-state index contributed by atoms with van der Waals surface area (Å²) in [6, 6.07) is 129. The maximum Gasteiger partial charge on any atom is 0.160 e. The number of nitrogens with zero attached hydrogens (tertiary/aromatic N) is 9. The lowest BCUT2D eigenvalue weighted by Gasteiger charge is -2.33. The Balaban J connectivity index is 0.000000101. The lowest BCUT2D eigenvalue weighted by atomic mass is 9.82. The lowest BCUT2D eigenvalue weighted by molar-refractivity contribution is 0.653. The van der Waals surface area contributed by atoms with Gasteiger partial charge in [-0.25, -0.2) is 29.9 Å². The summed E-state index contributed by atoms with van der Waals surface area (Å²) in [6.07, 6.45) is 7.22. The number of furan rings is 2. The third-order valence-electron chi connectivity index (χ3n) is 29.6. The Hall–Kier alpha value is -16.8. The van der Waals surface area contributed by atoms with E-state index in [1.807, 2.05) is 54.1 Å². The number of hydrogen-bond acceptors (Lipinski definition) is 12. The van der Waals surface area contributed by atoms with Gasteiger partial charge in [0.2, 0.25) is 0 Å². The van der Waals surface area contributed by atoms with E-state index in [2.05, 4.69) is 394 Å². The molecular weight excluding hydrogens is 1670 g/mol. The molecule has 12 heteroatoms. The van der Waals surface area contributed by atoms with Crippen LogP contribution in [0, 0.1) is 0 Å². The van der Waals surface area contributed by atoms with Gasteiger partial charge in [0, 0.05) is 131 Å². The van der Waals surface area contributed by atoms with E-state index < -0.39 is 0 Å². The van der Waals surface area contributed by atoms with Gasteiger partial charge in [-0.2, -0.15) is 0 Å². The normalized spacial score (nSPS) is 14.1. The van der Waals surface area contributed by atoms with Crippen LogP contribution in [-0.4, -0.2) is 29.9 Å². The highest BCUT2D eigenvalue weighted by Crippen LogP contribution is 2.62. The fraction of sp³-hybridized carbons (Fsp3) is 0.0732. The number of fused-ring (bicyclic) bond motifs is 27. The van der Waals surface area contributed by atoms with E-state index in [-0.39, 0.29) is 16.2 Å². The molecule has 24 aromatic rings. The van der Waals surface area contributed by atoms with Crippen molar-refractivity contribution >= 4 is 159 Å². The summed E-state index contributed by atoms with van der Waals surface area (Å²) < 4.78 is 15.8. The Bertz CT molecular complexity index is 8430. The van der Waals surface area contributed by atoms with Crippen LogP contribution in [-0.2, 0) is 16.2 Å². The molecule has 9 heterocycles. The van der Waals surface area contributed by atoms with Crippen LogP contribution in [0.2, 0.25) is 0 Å². The summed E-state index contributed by atoms with van der Waals surface area (Å²) in [4.78, 5) is 36.1. The number of benzene rings is 18. The van der Waals surface area contributed by atoms with Crippen molar-refractivity contribution in [1.29, 1.82) is 0 Å². The molecule has 135 heavy (non-hydrogen) atoms. The predicted molar refractivity (Wildman–Crippen MR) is 556 cm³/mol. The van der Waals surface area contributed by atoms with Crippen molar-refractivity contribution in [3.8, 4) is 101 Å². The molecule has 11 nitrogen and oxygen atoms in total. The number of rotatable bonds is 6. The van der Waals surface area contributed by atoms with Gasteiger partial charge in [-0.15, -0.1) is 11.3 Å². The smallest absolute Gasteiger partial charge is 0.160 e. The SMILES string of the molecule is CC1(C)c2cc(N3c4ccccc4-c4nc(-c5ccccc5)nc5cccc3c45)ccc2-c2c1ccc1c2sc2ccccc21.CC1(C)c2cc(N3c4cncnc4-c4cc(-c5ccccc5)cc5cccc3c45)ccc2-c2c1ccc1c2oc2ccccc21.CC1(C)c2cc(N3c4ncncc4-c4cc(-c5ccccc5)cc5cccc3c45)ccc2-c2c1ccc1c2oc2ccccc21. The van der Waals surface area contributed by atoms with Crippen molar-refractivity contribution in [2.75, 3.05) is 14.7 Å². The van der Waals surface area contributed by atoms with E-state index in [0.717, 1.165) is 151 Å². The summed E-state index contributed by atoms with van der Waals surface area (Å²) >= 11 is 1.92. The Morgan fingerprint density at radius 3 is 1.36 bits per heavy atom. The fourth-order valence-corrected chi connectivity index (χ4v) is 24.5. The lowest BCUT2D eigenvalue weighted by Crippen LogP contribution is -2.19. The molecule has 0 unspecified atom stereocenters. The first-order valence-electron chi connectivity index (χ1n) is 46.2. The zero-order valence-electron chi connectivity index (χ0n) is 74.6. The second kappa shape index (κ2) is 28.6. The molecule has 18 aromatic carbocycles. The fourth-order valence-electron chi connectivity index (χ4n) is 23.3. The van der Waals surface area contributed by atoms with Crippen molar-refractivity contribution in [1.82, 2.24) is 29.9 Å². The van der Waals surface area contributed by atoms with Gasteiger partial charge >= 0.3 is 0 Å². The van der Waals surface area contributed by atoms with E-state index in [1.165, 1.54) is 131 Å². The Labute approximate surface area is 781 Å². The van der Waals surface area contributed by atoms with Crippen LogP contribution in [0.4, 0.5) is 51.3 Å². The minimum Gasteiger partial charge on any atom is -0.455 e. The number of hydrogen-bond donors (Lipinski definition) is 0. The molecule has 0 saturated carbocycles. The van der Waals surface area contributed by atoms with Gasteiger partial charge < -0.3 is 18.6 Å². The molecule has 6 aliphatic rings. The highest BCUT2D eigenvalue weighted by molar-refractivity contribution is 7.26. The topological polar surface area (TPSA) is 113 Å². The van der Waals surface area contributed by atoms with Gasteiger partial charge in [0.1, 0.15) is 40.8 Å². The molecule has 0 N–H and O–H groups in total. The number of thiophene rings is 1. The summed E-state index contributed by atoms with van der Waals surface area (Å²) in [6.45, 7) is 14.0. The van der Waals surface area contributed by atoms with E-state index >= 15 is 0 Å². The van der Waals surface area contributed by atoms with Crippen LogP contribution in [0.3, 0.4) is 0 Å². The van der Waals surface area contributed by atoms with Gasteiger partial charge in [0.05, 0.1) is 56.9 Å². The third-order valence-corrected chi connectivity index (χ3v) is 30.8. The van der Waals surface area contributed by atoms with Crippen LogP contribution < -0.4 is 14.7 Å². The molecule has 0 atom stereocenters. The van der Waals surface area contributed by atoms with Crippen LogP contribution in [0.25, 0.3) is 197 Å². The molecule has 636 valence electrons. The molecule has 0 fully saturated rings. The van der Waals surface area contributed by atoms with Crippen molar-refractivity contribution in [2.24, 2.45) is 0 Å². The molecular formula is C123H81N9O2S. The minimum absolute atomic E-state index is 0.127. The molecule has 0 radical (unpaired) electrons. The number of aromatic nitrogens is 6. The highest BCUT2D eigenvalue weighted by Gasteiger charge is 2.44. The van der Waals surface area contributed by atoms with Gasteiger partial charge in [0.25, 0.3) is 0 Å². The average molecular weight is 1750 g/mol. The molecule has 0 bridgehead atoms. The van der Waals surface area contributed by atoms with Gasteiger partial charge in [0.15, 0.2) is 5.82 Å². The Kier molecular flexibility index (Phi) is 16.3. The van der Waals surface area contributed by atoms with E-state index in [1.54, 1.807) is 12.7 Å². The van der Waals surface area contributed by atoms with Crippen LogP contribution >= 0.6 is 11.3 Å². The monoisotopic (exact) mass is 1750 g/mol. The quantitative estimate of drug-likeness (QED) is 0.159. The standard InChI is InChI=1S/2C41H27N3O.C41H27N3S/c1-41(2)33-18-17-29-28-12-6-7-14-36(28)45-39(29)38(33)30-16-15-27(21-34(30)41)44-35-13-8-11-25-19-26(24-9-4-3-5-10-24)20-31(37(25)35)32-22-42-23-43-40(32)44;1-41(2)32-18-17-29-28-12-6-7-14-36(28)45-40(29)38(32)30-16-15-27(21-33(30)41)44-34-13-8-11-25-19-26(24-9-4-3-5-10-24)20-31(37(25)34)39-35(44)22-42-23-43-39;1-41(2)30-22-21-27-26-13-7-9-18-35(26)45-39(27)36(30)28-20-19-25(23-31(28)41)44-33-16-8-6-14-29(33)38-37-32(15-10-17-34(37)44)42-40(43-38)24-11-4-3-5-12-24/h3*3-23H,1-2H3. The van der Waals surface area contributed by atoms with Crippen LogP contribution in [0.5, 0.6) is 0 Å². The summed E-state index contributed by atoms with van der Waals surface area (Å²) in [5, 5.41) is 13.2. The maximum atomic E-state index is 6.53. The first kappa shape index (κ1) is 77.0. The zero-order valence-corrected chi connectivity index (χ0v) is 75.4. The molecule has 6 aromatic heterocycles. The van der Waals surface area contributed by atoms with E-state index in [0.29, 0.717) is 0 Å². The van der Waals surface area contributed by atoms with Crippen molar-refractivity contribution < 1.29 is 8.83 Å². The second-order valence-corrected chi connectivity index (χ2v) is 39.0. The Morgan fingerprint density at radius 1 is 0.281 bits per heavy atom. The molecule has 3 aliphatic carbocycles. The first-order valence-corrected chi connectivity index (χ1v) is 47.1. The van der Waals surface area contributed by atoms with Crippen molar-refractivity contribution in [2.45, 2.75) is 57.8 Å². The largest absolute Gasteiger partial charge is 0.455 e. The van der Waals surface area contributed by atoms with Gasteiger partial charge in [-0.3, -0.25) is 4.90 Å². The average Bonchev–Trinajstić information content (AvgIpc) is 1.35. The minimum atomic E-state index is -0.202. The summed E-state index contributed by atoms with van der Waals surface area (Å²) in [5.41, 5.74) is 40.8. The van der Waals surface area contributed by atoms with Crippen molar-refractivity contribution in [3.05, 3.63) is 416 Å². The van der Waals surface area contributed by atoms with Crippen LogP contribution in [0.1, 0.15) is 74.9 Å². The molecule has 0 saturated heterocycles. The highest BCUT2D eigenvalue weighted by atomic mass is 32.1. The summed E-state index contributed by atoms with van der Waals surface area (Å²) in [7, 11) is 0. The second-order valence-electron chi connectivity index (χ2n) is 38.0. The van der Waals surface area contributed by atoms with E-state index in [4.69, 9.17) is 28.8 Å². The zero-order chi connectivity index (χ0) is 89.6. The first-order chi connectivity index (χ1) is 66.2. The molecule has 30 rings (SSSR count). The van der Waals surface area contributed by atoms with Gasteiger partial charge in [-0.1, -0.05) is 290 Å². The predicted octanol–water partition coefficient (Wildman–Crippen LogP) is 33.3. The van der Waals surface area contributed by atoms with E-state index in [9.17, 15) is 0 Å². The molecule has 0 spiro atoms. The Morgan fingerprint density at radius 2 is 0.748 bits per heavy atom. The van der Waals surface area contributed by atoms with Crippen LogP contribution in [0.15, 0.2) is 392 Å². The molecule has 0 amide bonds. The maximum absolute atomic E-state index is 6.53. The summed E-state index contributed by atoms with van der Waals surface area (Å²) in [5.74, 6) is 1.64.